The number of benzene rings is 2. The Hall–Kier alpha value is -2.70. The molecule has 1 heterocycles. The summed E-state index contributed by atoms with van der Waals surface area (Å²) in [6, 6.07) is 9.79. The molecule has 2 N–H and O–H groups in total. The fraction of sp³-hybridized carbons (Fsp3) is 0.481. The summed E-state index contributed by atoms with van der Waals surface area (Å²) in [5, 5.41) is 0. The molecular formula is C27H39NO5. The molecule has 182 valence electrons. The van der Waals surface area contributed by atoms with Gasteiger partial charge in [0.05, 0.1) is 32.5 Å². The van der Waals surface area contributed by atoms with Crippen LogP contribution in [0.15, 0.2) is 36.4 Å². The van der Waals surface area contributed by atoms with E-state index in [9.17, 15) is 0 Å². The molecule has 1 aliphatic heterocycles. The molecule has 0 saturated heterocycles. The highest BCUT2D eigenvalue weighted by molar-refractivity contribution is 5.63. The maximum Gasteiger partial charge on any atom is 0.164 e. The highest BCUT2D eigenvalue weighted by atomic mass is 16.5. The fourth-order valence-corrected chi connectivity index (χ4v) is 3.83. The molecule has 2 atom stereocenters. The minimum absolute atomic E-state index is 0.308. The van der Waals surface area contributed by atoms with E-state index >= 15 is 0 Å². The zero-order valence-corrected chi connectivity index (χ0v) is 21.4. The Kier molecular flexibility index (Phi) is 8.81. The first-order chi connectivity index (χ1) is 15.7. The van der Waals surface area contributed by atoms with Crippen molar-refractivity contribution in [3.63, 3.8) is 0 Å². The van der Waals surface area contributed by atoms with Crippen LogP contribution >= 0.6 is 0 Å². The highest BCUT2D eigenvalue weighted by Crippen LogP contribution is 2.46. The number of hydrogen-bond donors (Lipinski definition) is 1. The van der Waals surface area contributed by atoms with Crippen molar-refractivity contribution in [3.8, 4) is 23.0 Å². The van der Waals surface area contributed by atoms with E-state index in [0.717, 1.165) is 22.4 Å². The van der Waals surface area contributed by atoms with Crippen molar-refractivity contribution >= 4 is 6.08 Å². The molecular weight excluding hydrogens is 418 g/mol. The number of nitrogens with two attached hydrogens (primary N) is 1. The first kappa shape index (κ1) is 26.6. The summed E-state index contributed by atoms with van der Waals surface area (Å²) in [5.74, 6) is 2.67. The van der Waals surface area contributed by atoms with Gasteiger partial charge in [-0.25, -0.2) is 0 Å². The monoisotopic (exact) mass is 457 g/mol. The van der Waals surface area contributed by atoms with Crippen molar-refractivity contribution in [1.29, 1.82) is 0 Å². The van der Waals surface area contributed by atoms with E-state index in [1.165, 1.54) is 0 Å². The predicted molar refractivity (Wildman–Crippen MR) is 134 cm³/mol. The van der Waals surface area contributed by atoms with E-state index in [0.29, 0.717) is 23.7 Å². The minimum atomic E-state index is -0.813. The molecule has 2 aromatic carbocycles. The minimum Gasteiger partial charge on any atom is -0.496 e. The maximum absolute atomic E-state index is 7.01. The van der Waals surface area contributed by atoms with Crippen LogP contribution < -0.4 is 24.7 Å². The van der Waals surface area contributed by atoms with Crippen molar-refractivity contribution in [2.75, 3.05) is 28.4 Å². The van der Waals surface area contributed by atoms with E-state index in [2.05, 4.69) is 6.07 Å². The Morgan fingerprint density at radius 3 is 2.18 bits per heavy atom. The molecule has 0 amide bonds. The third-order valence-corrected chi connectivity index (χ3v) is 6.03. The average Bonchev–Trinajstić information content (AvgIpc) is 2.83. The second kappa shape index (κ2) is 10.9. The first-order valence-corrected chi connectivity index (χ1v) is 11.3. The van der Waals surface area contributed by atoms with E-state index in [-0.39, 0.29) is 11.7 Å². The topological polar surface area (TPSA) is 72.2 Å². The van der Waals surface area contributed by atoms with Gasteiger partial charge in [0.2, 0.25) is 0 Å². The number of rotatable bonds is 7. The lowest BCUT2D eigenvalue weighted by molar-refractivity contribution is 0.0662. The van der Waals surface area contributed by atoms with Crippen LogP contribution in [0.1, 0.15) is 51.3 Å². The van der Waals surface area contributed by atoms with E-state index in [4.69, 9.17) is 29.4 Å². The normalized spacial score (nSPS) is 19.8. The summed E-state index contributed by atoms with van der Waals surface area (Å²) < 4.78 is 28.5. The first-order valence-electron chi connectivity index (χ1n) is 11.3. The molecule has 2 aromatic rings. The van der Waals surface area contributed by atoms with Gasteiger partial charge in [0.15, 0.2) is 11.5 Å². The molecule has 1 aliphatic rings. The van der Waals surface area contributed by atoms with E-state index in [1.807, 2.05) is 65.0 Å². The molecule has 6 nitrogen and oxygen atoms in total. The van der Waals surface area contributed by atoms with Crippen LogP contribution in [0, 0.1) is 0 Å². The molecule has 0 spiro atoms. The van der Waals surface area contributed by atoms with Crippen LogP contribution in [0.25, 0.3) is 6.08 Å². The molecule has 0 fully saturated rings. The van der Waals surface area contributed by atoms with Gasteiger partial charge in [-0.1, -0.05) is 44.2 Å². The number of methoxy groups -OCH3 is 4. The fourth-order valence-electron chi connectivity index (χ4n) is 3.83. The molecule has 6 heteroatoms. The van der Waals surface area contributed by atoms with Crippen molar-refractivity contribution in [2.45, 2.75) is 58.3 Å². The molecule has 2 unspecified atom stereocenters. The zero-order valence-electron chi connectivity index (χ0n) is 21.4. The molecule has 0 bridgehead atoms. The largest absolute Gasteiger partial charge is 0.496 e. The summed E-state index contributed by atoms with van der Waals surface area (Å²) in [7, 11) is 6.52. The summed E-state index contributed by atoms with van der Waals surface area (Å²) in [6.07, 6.45) is 4.34. The standard InChI is InChI=1S/C25H33NO5.C2H6/c1-16-25(26,19-13-21(28-5)22(29-6)14-20(19)27-4)15-18-10-8-9-17(23(18)31-16)11-12-24(2,3)30-7;1-2/h8-14,16H,15,26H2,1-7H3;1-2H3/b12-11-;. The van der Waals surface area contributed by atoms with Gasteiger partial charge in [0.1, 0.15) is 17.6 Å². The van der Waals surface area contributed by atoms with Crippen molar-refractivity contribution < 1.29 is 23.7 Å². The molecule has 0 aromatic heterocycles. The smallest absolute Gasteiger partial charge is 0.164 e. The van der Waals surface area contributed by atoms with Gasteiger partial charge in [-0.3, -0.25) is 0 Å². The van der Waals surface area contributed by atoms with Gasteiger partial charge in [-0.15, -0.1) is 0 Å². The summed E-state index contributed by atoms with van der Waals surface area (Å²) in [4.78, 5) is 0. The second-order valence-corrected chi connectivity index (χ2v) is 8.36. The van der Waals surface area contributed by atoms with Gasteiger partial charge in [-0.05, 0) is 32.4 Å². The Labute approximate surface area is 198 Å². The quantitative estimate of drug-likeness (QED) is 0.604. The van der Waals surface area contributed by atoms with Gasteiger partial charge >= 0.3 is 0 Å². The molecule has 0 saturated carbocycles. The summed E-state index contributed by atoms with van der Waals surface area (Å²) in [6.45, 7) is 10.0. The van der Waals surface area contributed by atoms with Gasteiger partial charge in [0, 0.05) is 30.7 Å². The predicted octanol–water partition coefficient (Wildman–Crippen LogP) is 5.35. The lowest BCUT2D eigenvalue weighted by Crippen LogP contribution is -2.53. The Bertz CT molecular complexity index is 969. The molecule has 33 heavy (non-hydrogen) atoms. The highest BCUT2D eigenvalue weighted by Gasteiger charge is 2.43. The lowest BCUT2D eigenvalue weighted by atomic mass is 9.77. The number of para-hydroxylation sites is 1. The molecule has 0 radical (unpaired) electrons. The third kappa shape index (κ3) is 5.45. The third-order valence-electron chi connectivity index (χ3n) is 6.03. The van der Waals surface area contributed by atoms with Crippen molar-refractivity contribution in [3.05, 3.63) is 53.1 Å². The molecule has 0 aliphatic carbocycles. The van der Waals surface area contributed by atoms with Crippen LogP contribution in [-0.4, -0.2) is 40.1 Å². The average molecular weight is 458 g/mol. The van der Waals surface area contributed by atoms with Crippen LogP contribution in [0.5, 0.6) is 23.0 Å². The van der Waals surface area contributed by atoms with Gasteiger partial charge in [0.25, 0.3) is 0 Å². The summed E-state index contributed by atoms with van der Waals surface area (Å²) in [5.41, 5.74) is 8.67. The SMILES string of the molecule is CC.COc1cc(OC)c(C2(N)Cc3cccc(/C=C\C(C)(C)OC)c3OC2C)cc1OC. The maximum atomic E-state index is 7.01. The van der Waals surface area contributed by atoms with Crippen LogP contribution in [0.2, 0.25) is 0 Å². The number of hydrogen-bond acceptors (Lipinski definition) is 6. The van der Waals surface area contributed by atoms with Crippen molar-refractivity contribution in [1.82, 2.24) is 0 Å². The molecule has 3 rings (SSSR count). The van der Waals surface area contributed by atoms with E-state index in [1.54, 1.807) is 34.5 Å². The Balaban J connectivity index is 0.00000187. The zero-order chi connectivity index (χ0) is 24.8. The van der Waals surface area contributed by atoms with Crippen LogP contribution in [0.3, 0.4) is 0 Å². The van der Waals surface area contributed by atoms with Crippen LogP contribution in [-0.2, 0) is 16.7 Å². The Morgan fingerprint density at radius 1 is 1.00 bits per heavy atom. The second-order valence-electron chi connectivity index (χ2n) is 8.36. The van der Waals surface area contributed by atoms with Gasteiger partial charge < -0.3 is 29.4 Å². The van der Waals surface area contributed by atoms with Crippen molar-refractivity contribution in [2.24, 2.45) is 5.73 Å². The van der Waals surface area contributed by atoms with Gasteiger partial charge in [-0.2, -0.15) is 0 Å². The number of fused-ring (bicyclic) bond motifs is 1. The summed E-state index contributed by atoms with van der Waals surface area (Å²) >= 11 is 0. The number of ether oxygens (including phenoxy) is 5. The lowest BCUT2D eigenvalue weighted by Gasteiger charge is -2.42. The van der Waals surface area contributed by atoms with E-state index < -0.39 is 5.54 Å². The van der Waals surface area contributed by atoms with Crippen LogP contribution in [0.4, 0.5) is 0 Å². The Morgan fingerprint density at radius 2 is 1.61 bits per heavy atom.